The van der Waals surface area contributed by atoms with Gasteiger partial charge in [0.1, 0.15) is 5.75 Å². The molecule has 0 amide bonds. The molecule has 1 N–H and O–H groups in total. The van der Waals surface area contributed by atoms with E-state index in [1.807, 2.05) is 0 Å². The Kier molecular flexibility index (Phi) is 5.47. The number of ether oxygens (including phenoxy) is 2. The molecule has 2 aromatic rings. The fourth-order valence-corrected chi connectivity index (χ4v) is 5.55. The van der Waals surface area contributed by atoms with Crippen LogP contribution in [0, 0.1) is 11.8 Å². The Morgan fingerprint density at radius 1 is 1.07 bits per heavy atom. The molecule has 0 spiro atoms. The molecule has 3 heterocycles. The van der Waals surface area contributed by atoms with Crippen LogP contribution >= 0.6 is 0 Å². The van der Waals surface area contributed by atoms with Gasteiger partial charge in [0.25, 0.3) is 0 Å². The lowest BCUT2D eigenvalue weighted by molar-refractivity contribution is 0.0679. The normalized spacial score (nSPS) is 27.1. The number of piperidine rings is 1. The standard InChI is InChI=1S/C25H32N2O2/c1-28-20-7-8-23-22(17-20)25-21(12-16-29-25)24(26-23)19-10-14-27(15-11-19)13-9-18-5-3-2-4-6-18/h2-8,17,19,21,24-26H,9-16H2,1H3/t21-,24+,25-/m0/s1. The van der Waals surface area contributed by atoms with Gasteiger partial charge < -0.3 is 19.7 Å². The fraction of sp³-hybridized carbons (Fsp3) is 0.520. The average molecular weight is 393 g/mol. The van der Waals surface area contributed by atoms with Gasteiger partial charge in [-0.25, -0.2) is 0 Å². The summed E-state index contributed by atoms with van der Waals surface area (Å²) in [6.45, 7) is 4.47. The van der Waals surface area contributed by atoms with Gasteiger partial charge in [-0.15, -0.1) is 0 Å². The predicted octanol–water partition coefficient (Wildman–Crippen LogP) is 4.52. The molecule has 0 aromatic heterocycles. The first-order chi connectivity index (χ1) is 14.3. The minimum Gasteiger partial charge on any atom is -0.497 e. The molecule has 2 saturated heterocycles. The van der Waals surface area contributed by atoms with Crippen LogP contribution in [0.3, 0.4) is 0 Å². The highest BCUT2D eigenvalue weighted by Gasteiger charge is 2.44. The molecule has 5 rings (SSSR count). The Morgan fingerprint density at radius 3 is 2.69 bits per heavy atom. The summed E-state index contributed by atoms with van der Waals surface area (Å²) in [4.78, 5) is 2.65. The summed E-state index contributed by atoms with van der Waals surface area (Å²) in [6.07, 6.45) is 5.10. The molecule has 2 fully saturated rings. The van der Waals surface area contributed by atoms with E-state index in [1.165, 1.54) is 49.3 Å². The van der Waals surface area contributed by atoms with Gasteiger partial charge in [-0.2, -0.15) is 0 Å². The van der Waals surface area contributed by atoms with Crippen molar-refractivity contribution in [3.8, 4) is 5.75 Å². The lowest BCUT2D eigenvalue weighted by Gasteiger charge is -2.43. The SMILES string of the molecule is COc1ccc2c(c1)[C@H]1OCC[C@H]1[C@@H](C1CCN(CCc3ccccc3)CC1)N2. The number of fused-ring (bicyclic) bond motifs is 3. The number of rotatable bonds is 5. The lowest BCUT2D eigenvalue weighted by atomic mass is 9.75. The van der Waals surface area contributed by atoms with Crippen molar-refractivity contribution in [3.05, 3.63) is 59.7 Å². The second-order valence-corrected chi connectivity index (χ2v) is 8.78. The van der Waals surface area contributed by atoms with Crippen molar-refractivity contribution in [1.29, 1.82) is 0 Å². The van der Waals surface area contributed by atoms with E-state index < -0.39 is 0 Å². The highest BCUT2D eigenvalue weighted by Crippen LogP contribution is 2.48. The smallest absolute Gasteiger partial charge is 0.119 e. The van der Waals surface area contributed by atoms with Gasteiger partial charge in [0.15, 0.2) is 0 Å². The molecule has 0 saturated carbocycles. The van der Waals surface area contributed by atoms with Crippen LogP contribution in [0.4, 0.5) is 5.69 Å². The van der Waals surface area contributed by atoms with Crippen molar-refractivity contribution < 1.29 is 9.47 Å². The van der Waals surface area contributed by atoms with Crippen molar-refractivity contribution in [3.63, 3.8) is 0 Å². The van der Waals surface area contributed by atoms with Crippen LogP contribution in [0.15, 0.2) is 48.5 Å². The molecule has 0 unspecified atom stereocenters. The number of nitrogens with one attached hydrogen (secondary N) is 1. The summed E-state index contributed by atoms with van der Waals surface area (Å²) in [6, 6.07) is 17.8. The maximum absolute atomic E-state index is 6.21. The summed E-state index contributed by atoms with van der Waals surface area (Å²) in [7, 11) is 1.74. The second-order valence-electron chi connectivity index (χ2n) is 8.78. The van der Waals surface area contributed by atoms with Gasteiger partial charge in [-0.05, 0) is 68.5 Å². The van der Waals surface area contributed by atoms with Gasteiger partial charge >= 0.3 is 0 Å². The summed E-state index contributed by atoms with van der Waals surface area (Å²) in [5, 5.41) is 3.91. The molecule has 4 nitrogen and oxygen atoms in total. The molecule has 3 aliphatic heterocycles. The monoisotopic (exact) mass is 392 g/mol. The minimum absolute atomic E-state index is 0.225. The van der Waals surface area contributed by atoms with Gasteiger partial charge in [0.2, 0.25) is 0 Å². The maximum Gasteiger partial charge on any atom is 0.119 e. The van der Waals surface area contributed by atoms with E-state index in [0.29, 0.717) is 12.0 Å². The number of hydrogen-bond donors (Lipinski definition) is 1. The Morgan fingerprint density at radius 2 is 1.90 bits per heavy atom. The Bertz CT molecular complexity index is 817. The number of hydrogen-bond acceptors (Lipinski definition) is 4. The number of methoxy groups -OCH3 is 1. The lowest BCUT2D eigenvalue weighted by Crippen LogP contribution is -2.46. The number of benzene rings is 2. The van der Waals surface area contributed by atoms with E-state index in [1.54, 1.807) is 7.11 Å². The zero-order valence-electron chi connectivity index (χ0n) is 17.3. The van der Waals surface area contributed by atoms with Gasteiger partial charge in [0.05, 0.1) is 13.2 Å². The third-order valence-corrected chi connectivity index (χ3v) is 7.19. The van der Waals surface area contributed by atoms with Crippen LogP contribution in [0.2, 0.25) is 0 Å². The summed E-state index contributed by atoms with van der Waals surface area (Å²) in [5.74, 6) is 2.23. The van der Waals surface area contributed by atoms with Gasteiger partial charge in [0, 0.05) is 36.4 Å². The third kappa shape index (κ3) is 3.88. The average Bonchev–Trinajstić information content (AvgIpc) is 3.28. The van der Waals surface area contributed by atoms with Crippen LogP contribution in [0.25, 0.3) is 0 Å². The van der Waals surface area contributed by atoms with Gasteiger partial charge in [-0.1, -0.05) is 30.3 Å². The van der Waals surface area contributed by atoms with Crippen molar-refractivity contribution in [2.24, 2.45) is 11.8 Å². The first kappa shape index (κ1) is 19.0. The summed E-state index contributed by atoms with van der Waals surface area (Å²) < 4.78 is 11.7. The molecule has 0 aliphatic carbocycles. The maximum atomic E-state index is 6.21. The molecule has 154 valence electrons. The van der Waals surface area contributed by atoms with E-state index in [-0.39, 0.29) is 6.10 Å². The quantitative estimate of drug-likeness (QED) is 0.811. The van der Waals surface area contributed by atoms with Crippen LogP contribution < -0.4 is 10.1 Å². The molecule has 4 heteroatoms. The van der Waals surface area contributed by atoms with E-state index in [9.17, 15) is 0 Å². The molecule has 3 atom stereocenters. The van der Waals surface area contributed by atoms with Crippen LogP contribution in [0.1, 0.15) is 36.5 Å². The van der Waals surface area contributed by atoms with E-state index in [2.05, 4.69) is 58.7 Å². The van der Waals surface area contributed by atoms with Crippen molar-refractivity contribution in [2.75, 3.05) is 38.7 Å². The molecule has 29 heavy (non-hydrogen) atoms. The highest BCUT2D eigenvalue weighted by molar-refractivity contribution is 5.58. The predicted molar refractivity (Wildman–Crippen MR) is 117 cm³/mol. The molecule has 3 aliphatic rings. The number of nitrogens with zero attached hydrogens (tertiary/aromatic N) is 1. The van der Waals surface area contributed by atoms with Crippen LogP contribution in [-0.2, 0) is 11.2 Å². The topological polar surface area (TPSA) is 33.7 Å². The molecule has 0 bridgehead atoms. The van der Waals surface area contributed by atoms with E-state index in [4.69, 9.17) is 9.47 Å². The Balaban J connectivity index is 1.22. The summed E-state index contributed by atoms with van der Waals surface area (Å²) >= 11 is 0. The molecule has 0 radical (unpaired) electrons. The Hall–Kier alpha value is -2.04. The van der Waals surface area contributed by atoms with Crippen LogP contribution in [0.5, 0.6) is 5.75 Å². The zero-order chi connectivity index (χ0) is 19.6. The van der Waals surface area contributed by atoms with Gasteiger partial charge in [-0.3, -0.25) is 0 Å². The highest BCUT2D eigenvalue weighted by atomic mass is 16.5. The molecular formula is C25H32N2O2. The third-order valence-electron chi connectivity index (χ3n) is 7.19. The zero-order valence-corrected chi connectivity index (χ0v) is 17.3. The number of anilines is 1. The van der Waals surface area contributed by atoms with E-state index in [0.717, 1.165) is 31.1 Å². The van der Waals surface area contributed by atoms with Crippen molar-refractivity contribution >= 4 is 5.69 Å². The molecule has 2 aromatic carbocycles. The minimum atomic E-state index is 0.225. The number of likely N-dealkylation sites (tertiary alicyclic amines) is 1. The first-order valence-electron chi connectivity index (χ1n) is 11.1. The molecular weight excluding hydrogens is 360 g/mol. The van der Waals surface area contributed by atoms with Crippen molar-refractivity contribution in [2.45, 2.75) is 37.8 Å². The Labute approximate surface area is 174 Å². The van der Waals surface area contributed by atoms with Crippen molar-refractivity contribution in [1.82, 2.24) is 4.90 Å². The second kappa shape index (κ2) is 8.37. The first-order valence-corrected chi connectivity index (χ1v) is 11.1. The van der Waals surface area contributed by atoms with Crippen LogP contribution in [-0.4, -0.2) is 44.3 Å². The fourth-order valence-electron chi connectivity index (χ4n) is 5.55. The van der Waals surface area contributed by atoms with E-state index >= 15 is 0 Å². The largest absolute Gasteiger partial charge is 0.497 e. The summed E-state index contributed by atoms with van der Waals surface area (Å²) in [5.41, 5.74) is 3.97.